The molecule has 3 nitrogen and oxygen atoms in total. The Kier molecular flexibility index (Phi) is 5.26. The molecular weight excluding hydrogens is 212 g/mol. The average Bonchev–Trinajstić information content (AvgIpc) is 2.75. The highest BCUT2D eigenvalue weighted by Crippen LogP contribution is 2.28. The number of hydrogen-bond donors (Lipinski definition) is 1. The van der Waals surface area contributed by atoms with Crippen LogP contribution in [0.25, 0.3) is 0 Å². The van der Waals surface area contributed by atoms with Gasteiger partial charge in [0.05, 0.1) is 6.10 Å². The molecule has 1 heterocycles. The molecule has 0 radical (unpaired) electrons. The van der Waals surface area contributed by atoms with Gasteiger partial charge in [-0.25, -0.2) is 0 Å². The van der Waals surface area contributed by atoms with Crippen LogP contribution >= 0.6 is 0 Å². The van der Waals surface area contributed by atoms with Crippen LogP contribution in [0.5, 0.6) is 0 Å². The van der Waals surface area contributed by atoms with Crippen molar-refractivity contribution >= 4 is 0 Å². The van der Waals surface area contributed by atoms with Crippen LogP contribution in [0, 0.1) is 5.92 Å². The molecule has 3 heteroatoms. The number of piperazine rings is 1. The zero-order valence-electron chi connectivity index (χ0n) is 11.3. The van der Waals surface area contributed by atoms with Gasteiger partial charge in [-0.3, -0.25) is 0 Å². The van der Waals surface area contributed by atoms with Crippen LogP contribution in [-0.4, -0.2) is 60.3 Å². The maximum atomic E-state index is 9.80. The molecule has 1 N–H and O–H groups in total. The molecule has 2 fully saturated rings. The lowest BCUT2D eigenvalue weighted by Crippen LogP contribution is -2.47. The largest absolute Gasteiger partial charge is 0.393 e. The van der Waals surface area contributed by atoms with Gasteiger partial charge in [-0.1, -0.05) is 13.3 Å². The summed E-state index contributed by atoms with van der Waals surface area (Å²) in [5.74, 6) is 0.587. The quantitative estimate of drug-likeness (QED) is 0.790. The first kappa shape index (κ1) is 13.3. The van der Waals surface area contributed by atoms with Crippen molar-refractivity contribution < 1.29 is 5.11 Å². The summed E-state index contributed by atoms with van der Waals surface area (Å²) < 4.78 is 0. The van der Waals surface area contributed by atoms with E-state index in [0.29, 0.717) is 5.92 Å². The minimum atomic E-state index is -0.00335. The Morgan fingerprint density at radius 1 is 1.00 bits per heavy atom. The molecule has 0 amide bonds. The highest BCUT2D eigenvalue weighted by Gasteiger charge is 2.26. The number of aliphatic hydroxyl groups is 1. The summed E-state index contributed by atoms with van der Waals surface area (Å²) in [6.45, 7) is 9.64. The van der Waals surface area contributed by atoms with Crippen molar-refractivity contribution in [2.75, 3.05) is 39.3 Å². The van der Waals surface area contributed by atoms with Crippen molar-refractivity contribution in [3.63, 3.8) is 0 Å². The summed E-state index contributed by atoms with van der Waals surface area (Å²) >= 11 is 0. The van der Waals surface area contributed by atoms with Crippen LogP contribution in [0.15, 0.2) is 0 Å². The molecule has 1 saturated heterocycles. The molecule has 2 unspecified atom stereocenters. The molecule has 17 heavy (non-hydrogen) atoms. The van der Waals surface area contributed by atoms with E-state index in [2.05, 4.69) is 16.7 Å². The van der Waals surface area contributed by atoms with Crippen molar-refractivity contribution in [2.45, 2.75) is 45.1 Å². The molecule has 2 rings (SSSR count). The van der Waals surface area contributed by atoms with E-state index in [1.165, 1.54) is 65.0 Å². The van der Waals surface area contributed by atoms with Gasteiger partial charge >= 0.3 is 0 Å². The normalized spacial score (nSPS) is 32.1. The van der Waals surface area contributed by atoms with Gasteiger partial charge < -0.3 is 14.9 Å². The second kappa shape index (κ2) is 6.72. The molecule has 1 aliphatic carbocycles. The molecular formula is C14H28N2O. The Labute approximate surface area is 106 Å². The van der Waals surface area contributed by atoms with E-state index in [9.17, 15) is 5.11 Å². The van der Waals surface area contributed by atoms with Crippen molar-refractivity contribution in [3.05, 3.63) is 0 Å². The van der Waals surface area contributed by atoms with Crippen LogP contribution < -0.4 is 0 Å². The van der Waals surface area contributed by atoms with Gasteiger partial charge in [0.1, 0.15) is 0 Å². The maximum absolute atomic E-state index is 9.80. The average molecular weight is 240 g/mol. The van der Waals surface area contributed by atoms with Crippen LogP contribution in [-0.2, 0) is 0 Å². The Bertz CT molecular complexity index is 214. The number of rotatable bonds is 5. The highest BCUT2D eigenvalue weighted by atomic mass is 16.3. The van der Waals surface area contributed by atoms with Gasteiger partial charge in [-0.15, -0.1) is 0 Å². The zero-order chi connectivity index (χ0) is 12.1. The van der Waals surface area contributed by atoms with Crippen molar-refractivity contribution in [2.24, 2.45) is 5.92 Å². The standard InChI is InChI=1S/C14H28N2O/c1-2-7-15-9-11-16(12-10-15)8-6-13-4-3-5-14(13)17/h13-14,17H,2-12H2,1H3. The third-order valence-corrected chi connectivity index (χ3v) is 4.44. The van der Waals surface area contributed by atoms with E-state index in [-0.39, 0.29) is 6.10 Å². The molecule has 0 spiro atoms. The lowest BCUT2D eigenvalue weighted by molar-refractivity contribution is 0.0980. The fraction of sp³-hybridized carbons (Fsp3) is 1.00. The predicted molar refractivity (Wildman–Crippen MR) is 71.1 cm³/mol. The van der Waals surface area contributed by atoms with Crippen molar-refractivity contribution in [1.29, 1.82) is 0 Å². The zero-order valence-corrected chi connectivity index (χ0v) is 11.3. The minimum Gasteiger partial charge on any atom is -0.393 e. The van der Waals surface area contributed by atoms with Gasteiger partial charge in [0.2, 0.25) is 0 Å². The number of aliphatic hydroxyl groups excluding tert-OH is 1. The van der Waals surface area contributed by atoms with Gasteiger partial charge in [0, 0.05) is 26.2 Å². The first-order chi connectivity index (χ1) is 8.29. The fourth-order valence-electron chi connectivity index (χ4n) is 3.26. The van der Waals surface area contributed by atoms with E-state index < -0.39 is 0 Å². The Morgan fingerprint density at radius 3 is 2.18 bits per heavy atom. The third-order valence-electron chi connectivity index (χ3n) is 4.44. The molecule has 100 valence electrons. The second-order valence-corrected chi connectivity index (χ2v) is 5.73. The van der Waals surface area contributed by atoms with E-state index in [0.717, 1.165) is 6.42 Å². The van der Waals surface area contributed by atoms with E-state index in [1.54, 1.807) is 0 Å². The molecule has 2 atom stereocenters. The fourth-order valence-corrected chi connectivity index (χ4v) is 3.26. The van der Waals surface area contributed by atoms with E-state index in [1.807, 2.05) is 0 Å². The summed E-state index contributed by atoms with van der Waals surface area (Å²) in [6, 6.07) is 0. The SMILES string of the molecule is CCCN1CCN(CCC2CCCC2O)CC1. The Balaban J connectivity index is 1.61. The van der Waals surface area contributed by atoms with Crippen LogP contribution in [0.1, 0.15) is 39.0 Å². The van der Waals surface area contributed by atoms with Crippen LogP contribution in [0.4, 0.5) is 0 Å². The monoisotopic (exact) mass is 240 g/mol. The van der Waals surface area contributed by atoms with Crippen LogP contribution in [0.2, 0.25) is 0 Å². The minimum absolute atomic E-state index is 0.00335. The van der Waals surface area contributed by atoms with E-state index >= 15 is 0 Å². The van der Waals surface area contributed by atoms with E-state index in [4.69, 9.17) is 0 Å². The smallest absolute Gasteiger partial charge is 0.0568 e. The maximum Gasteiger partial charge on any atom is 0.0568 e. The van der Waals surface area contributed by atoms with Gasteiger partial charge in [-0.05, 0) is 44.7 Å². The summed E-state index contributed by atoms with van der Waals surface area (Å²) in [5.41, 5.74) is 0. The first-order valence-electron chi connectivity index (χ1n) is 7.42. The molecule has 0 aromatic carbocycles. The summed E-state index contributed by atoms with van der Waals surface area (Å²) in [7, 11) is 0. The molecule has 0 bridgehead atoms. The first-order valence-corrected chi connectivity index (χ1v) is 7.42. The molecule has 1 saturated carbocycles. The summed E-state index contributed by atoms with van der Waals surface area (Å²) in [5, 5.41) is 9.80. The van der Waals surface area contributed by atoms with Crippen LogP contribution in [0.3, 0.4) is 0 Å². The van der Waals surface area contributed by atoms with Crippen molar-refractivity contribution in [3.8, 4) is 0 Å². The Hall–Kier alpha value is -0.120. The highest BCUT2D eigenvalue weighted by molar-refractivity contribution is 4.79. The van der Waals surface area contributed by atoms with Gasteiger partial charge in [0.15, 0.2) is 0 Å². The number of nitrogens with zero attached hydrogens (tertiary/aromatic N) is 2. The van der Waals surface area contributed by atoms with Crippen molar-refractivity contribution in [1.82, 2.24) is 9.80 Å². The second-order valence-electron chi connectivity index (χ2n) is 5.73. The molecule has 2 aliphatic rings. The third kappa shape index (κ3) is 3.94. The molecule has 0 aromatic rings. The van der Waals surface area contributed by atoms with Gasteiger partial charge in [0.25, 0.3) is 0 Å². The summed E-state index contributed by atoms with van der Waals surface area (Å²) in [4.78, 5) is 5.15. The number of hydrogen-bond acceptors (Lipinski definition) is 3. The lowest BCUT2D eigenvalue weighted by atomic mass is 10.0. The molecule has 0 aromatic heterocycles. The topological polar surface area (TPSA) is 26.7 Å². The lowest BCUT2D eigenvalue weighted by Gasteiger charge is -2.35. The predicted octanol–water partition coefficient (Wildman–Crippen LogP) is 1.57. The Morgan fingerprint density at radius 2 is 1.65 bits per heavy atom. The van der Waals surface area contributed by atoms with Gasteiger partial charge in [-0.2, -0.15) is 0 Å². The molecule has 1 aliphatic heterocycles. The summed E-state index contributed by atoms with van der Waals surface area (Å²) in [6.07, 6.45) is 5.99.